The molecule has 3 heterocycles. The number of carbonyl (C=O) groups is 4. The lowest BCUT2D eigenvalue weighted by atomic mass is 10.0. The maximum atomic E-state index is 14.5. The molecule has 0 radical (unpaired) electrons. The molecule has 6 rings (SSSR count). The van der Waals surface area contributed by atoms with E-state index >= 15 is 0 Å². The maximum Gasteiger partial charge on any atom is 0.405 e. The Balaban J connectivity index is 1.36. The summed E-state index contributed by atoms with van der Waals surface area (Å²) < 4.78 is 63.7. The van der Waals surface area contributed by atoms with Gasteiger partial charge in [0.2, 0.25) is 33.6 Å². The van der Waals surface area contributed by atoms with Crippen LogP contribution < -0.4 is 29.6 Å². The van der Waals surface area contributed by atoms with Gasteiger partial charge in [0.05, 0.1) is 33.0 Å². The van der Waals surface area contributed by atoms with E-state index in [0.29, 0.717) is 29.4 Å². The summed E-state index contributed by atoms with van der Waals surface area (Å²) in [5.74, 6) is -2.21. The standard InChI is InChI=1S/C36H46FN5O11S/c1-5-27-29(39-34(46)47)32(44)42-18-24(53-31-25-11-10-23(50-3)14-21(25)15-28(38-31)51-4)16-26(42)30(43)40-36(17-22(36)9-7-6-8-20(2)52-27)33(45)41-54(48,49)35(19-37)12-13-35/h7,9-11,14-15,20,22,24,26-27,29,39H,5-6,8,12-13,16-19H2,1-4H3,(H,40,43)(H,41,45)(H,46,47)/t20-,22-,24-,26+,27+,29+,36-/m1/s1. The molecule has 2 aliphatic carbocycles. The highest BCUT2D eigenvalue weighted by Gasteiger charge is 2.64. The van der Waals surface area contributed by atoms with Gasteiger partial charge in [0.1, 0.15) is 40.9 Å². The SMILES string of the molecule is CC[C@@H]1O[C@H](C)CCC=C[C@@H]2C[C@@]2(C(=O)NS(=O)(=O)C2(CF)CC2)NC(=O)[C@@H]2C[C@@H](Oc3nc(OC)cc4cc(OC)ccc34)CN2C(=O)[C@H]1NC(=O)O. The Morgan fingerprint density at radius 1 is 1.19 bits per heavy atom. The van der Waals surface area contributed by atoms with E-state index in [4.69, 9.17) is 18.9 Å². The number of halogens is 1. The van der Waals surface area contributed by atoms with Crippen LogP contribution >= 0.6 is 0 Å². The van der Waals surface area contributed by atoms with Crippen molar-refractivity contribution in [2.75, 3.05) is 27.4 Å². The number of hydrogen-bond acceptors (Lipinski definition) is 11. The summed E-state index contributed by atoms with van der Waals surface area (Å²) >= 11 is 0. The van der Waals surface area contributed by atoms with Crippen LogP contribution in [0.25, 0.3) is 10.8 Å². The predicted molar refractivity (Wildman–Crippen MR) is 191 cm³/mol. The Bertz CT molecular complexity index is 1940. The molecule has 294 valence electrons. The third kappa shape index (κ3) is 7.62. The first kappa shape index (κ1) is 39.0. The number of methoxy groups -OCH3 is 2. The smallest absolute Gasteiger partial charge is 0.405 e. The third-order valence-electron chi connectivity index (χ3n) is 10.8. The Kier molecular flexibility index (Phi) is 11.0. The fraction of sp³-hybridized carbons (Fsp3) is 0.583. The van der Waals surface area contributed by atoms with Crippen molar-refractivity contribution >= 4 is 44.6 Å². The van der Waals surface area contributed by atoms with E-state index in [1.54, 1.807) is 50.3 Å². The Morgan fingerprint density at radius 2 is 1.94 bits per heavy atom. The van der Waals surface area contributed by atoms with Crippen LogP contribution in [-0.4, -0.2) is 115 Å². The van der Waals surface area contributed by atoms with Crippen LogP contribution in [0.2, 0.25) is 0 Å². The zero-order chi connectivity index (χ0) is 39.0. The van der Waals surface area contributed by atoms with Gasteiger partial charge in [0, 0.05) is 23.8 Å². The molecule has 0 bridgehead atoms. The van der Waals surface area contributed by atoms with Gasteiger partial charge in [-0.2, -0.15) is 4.98 Å². The van der Waals surface area contributed by atoms with Crippen molar-refractivity contribution in [3.05, 3.63) is 36.4 Å². The average molecular weight is 776 g/mol. The van der Waals surface area contributed by atoms with E-state index < -0.39 is 87.1 Å². The average Bonchev–Trinajstić information content (AvgIpc) is 4.05. The number of fused-ring (bicyclic) bond motifs is 3. The van der Waals surface area contributed by atoms with E-state index in [9.17, 15) is 37.1 Å². The monoisotopic (exact) mass is 775 g/mol. The molecular formula is C36H46FN5O11S. The molecule has 2 aromatic rings. The molecule has 16 nitrogen and oxygen atoms in total. The van der Waals surface area contributed by atoms with Gasteiger partial charge in [0.15, 0.2) is 0 Å². The van der Waals surface area contributed by atoms with Crippen LogP contribution in [0.5, 0.6) is 17.5 Å². The van der Waals surface area contributed by atoms with Gasteiger partial charge >= 0.3 is 6.09 Å². The zero-order valence-corrected chi connectivity index (χ0v) is 31.3. The highest BCUT2D eigenvalue weighted by molar-refractivity contribution is 7.91. The van der Waals surface area contributed by atoms with Gasteiger partial charge in [-0.25, -0.2) is 17.6 Å². The van der Waals surface area contributed by atoms with Gasteiger partial charge in [-0.3, -0.25) is 19.1 Å². The first-order valence-electron chi connectivity index (χ1n) is 18.0. The van der Waals surface area contributed by atoms with Crippen LogP contribution in [0.15, 0.2) is 36.4 Å². The van der Waals surface area contributed by atoms with E-state index in [1.165, 1.54) is 19.1 Å². The van der Waals surface area contributed by atoms with Crippen molar-refractivity contribution in [1.82, 2.24) is 25.2 Å². The van der Waals surface area contributed by atoms with Crippen LogP contribution in [0.3, 0.4) is 0 Å². The summed E-state index contributed by atoms with van der Waals surface area (Å²) in [5.41, 5.74) is -1.71. The maximum absolute atomic E-state index is 14.5. The van der Waals surface area contributed by atoms with E-state index in [-0.39, 0.29) is 50.4 Å². The molecule has 0 spiro atoms. The number of rotatable bonds is 10. The van der Waals surface area contributed by atoms with Crippen LogP contribution in [0, 0.1) is 5.92 Å². The molecule has 4 N–H and O–H groups in total. The molecule has 7 atom stereocenters. The van der Waals surface area contributed by atoms with E-state index in [1.807, 2.05) is 4.72 Å². The van der Waals surface area contributed by atoms with E-state index in [2.05, 4.69) is 15.6 Å². The molecule has 18 heteroatoms. The number of nitrogens with one attached hydrogen (secondary N) is 3. The number of carbonyl (C=O) groups excluding carboxylic acids is 3. The number of nitrogens with zero attached hydrogens (tertiary/aromatic N) is 2. The second-order valence-electron chi connectivity index (χ2n) is 14.4. The van der Waals surface area contributed by atoms with E-state index in [0.717, 1.165) is 0 Å². The minimum absolute atomic E-state index is 0.0517. The zero-order valence-electron chi connectivity index (χ0n) is 30.5. The molecule has 2 aliphatic heterocycles. The normalized spacial score (nSPS) is 29.5. The highest BCUT2D eigenvalue weighted by atomic mass is 32.2. The molecule has 1 saturated heterocycles. The number of benzene rings is 1. The second-order valence-corrected chi connectivity index (χ2v) is 16.5. The van der Waals surface area contributed by atoms with Crippen LogP contribution in [0.1, 0.15) is 58.8 Å². The number of alkyl halides is 1. The number of allylic oxidation sites excluding steroid dienone is 1. The molecule has 54 heavy (non-hydrogen) atoms. The third-order valence-corrected chi connectivity index (χ3v) is 12.9. The highest BCUT2D eigenvalue weighted by Crippen LogP contribution is 2.48. The lowest BCUT2D eigenvalue weighted by Crippen LogP contribution is -2.60. The molecular weight excluding hydrogens is 729 g/mol. The van der Waals surface area contributed by atoms with Crippen LogP contribution in [0.4, 0.5) is 9.18 Å². The molecule has 4 aliphatic rings. The fourth-order valence-corrected chi connectivity index (χ4v) is 8.67. The Hall–Kier alpha value is -4.71. The molecule has 0 unspecified atom stereocenters. The summed E-state index contributed by atoms with van der Waals surface area (Å²) in [7, 11) is -1.45. The number of carboxylic acid groups (broad SMARTS) is 1. The van der Waals surface area contributed by atoms with Gasteiger partial charge in [-0.15, -0.1) is 0 Å². The van der Waals surface area contributed by atoms with Crippen LogP contribution in [-0.2, 0) is 29.1 Å². The van der Waals surface area contributed by atoms with Crippen molar-refractivity contribution in [1.29, 1.82) is 0 Å². The fourth-order valence-electron chi connectivity index (χ4n) is 7.25. The molecule has 1 aromatic carbocycles. The Labute approximate surface area is 312 Å². The van der Waals surface area contributed by atoms with Gasteiger partial charge < -0.3 is 39.6 Å². The summed E-state index contributed by atoms with van der Waals surface area (Å²) in [6.45, 7) is 2.20. The van der Waals surface area contributed by atoms with Crippen molar-refractivity contribution in [2.45, 2.75) is 99.5 Å². The lowest BCUT2D eigenvalue weighted by molar-refractivity contribution is -0.145. The summed E-state index contributed by atoms with van der Waals surface area (Å²) in [6, 6.07) is 4.20. The molecule has 1 aromatic heterocycles. The molecule has 2 saturated carbocycles. The quantitative estimate of drug-likeness (QED) is 0.257. The summed E-state index contributed by atoms with van der Waals surface area (Å²) in [5, 5.41) is 16.1. The minimum Gasteiger partial charge on any atom is -0.497 e. The number of pyridine rings is 1. The number of hydrogen-bond donors (Lipinski definition) is 4. The van der Waals surface area contributed by atoms with Gasteiger partial charge in [-0.1, -0.05) is 19.1 Å². The van der Waals surface area contributed by atoms with Crippen molar-refractivity contribution in [3.8, 4) is 17.5 Å². The molecule has 4 amide bonds. The topological polar surface area (TPSA) is 212 Å². The van der Waals surface area contributed by atoms with Gasteiger partial charge in [-0.05, 0) is 69.0 Å². The number of ether oxygens (including phenoxy) is 4. The summed E-state index contributed by atoms with van der Waals surface area (Å²) in [6.07, 6.45) is 1.14. The van der Waals surface area contributed by atoms with Gasteiger partial charge in [0.25, 0.3) is 5.91 Å². The largest absolute Gasteiger partial charge is 0.497 e. The first-order valence-corrected chi connectivity index (χ1v) is 19.4. The minimum atomic E-state index is -4.42. The van der Waals surface area contributed by atoms with Crippen molar-refractivity contribution in [2.24, 2.45) is 5.92 Å². The predicted octanol–water partition coefficient (Wildman–Crippen LogP) is 2.59. The van der Waals surface area contributed by atoms with Crippen molar-refractivity contribution in [3.63, 3.8) is 0 Å². The second kappa shape index (κ2) is 15.2. The van der Waals surface area contributed by atoms with Crippen molar-refractivity contribution < 1.29 is 56.0 Å². The Morgan fingerprint density at radius 3 is 2.59 bits per heavy atom. The number of aromatic nitrogens is 1. The molecule has 3 fully saturated rings. The number of sulfonamides is 1. The summed E-state index contributed by atoms with van der Waals surface area (Å²) in [4.78, 5) is 60.4. The lowest BCUT2D eigenvalue weighted by Gasteiger charge is -2.33. The first-order chi connectivity index (χ1) is 25.7. The number of amides is 4.